The van der Waals surface area contributed by atoms with Crippen LogP contribution in [0.2, 0.25) is 0 Å². The molecule has 2 aromatic carbocycles. The normalized spacial score (nSPS) is 12.4. The molecule has 0 saturated carbocycles. The minimum atomic E-state index is 0.212. The Bertz CT molecular complexity index is 667. The molecular weight excluding hydrogens is 244 g/mol. The van der Waals surface area contributed by atoms with Crippen LogP contribution >= 0.6 is 0 Å². The molecule has 1 aliphatic rings. The summed E-state index contributed by atoms with van der Waals surface area (Å²) in [6.07, 6.45) is 4.30. The van der Waals surface area contributed by atoms with Crippen molar-refractivity contribution in [1.82, 2.24) is 0 Å². The molecule has 0 amide bonds. The summed E-state index contributed by atoms with van der Waals surface area (Å²) in [5.74, 6) is 0.212. The minimum absolute atomic E-state index is 0.212. The topological polar surface area (TPSA) is 17.1 Å². The van der Waals surface area contributed by atoms with Crippen LogP contribution in [-0.2, 0) is 12.8 Å². The molecule has 0 saturated heterocycles. The lowest BCUT2D eigenvalue weighted by atomic mass is 9.97. The van der Waals surface area contributed by atoms with Crippen molar-refractivity contribution in [3.05, 3.63) is 58.7 Å². The molecule has 0 aromatic heterocycles. The predicted octanol–water partition coefficient (Wildman–Crippen LogP) is 4.80. The van der Waals surface area contributed by atoms with Crippen LogP contribution in [0.1, 0.15) is 53.7 Å². The molecule has 0 unspecified atom stereocenters. The SMILES string of the molecule is CCCCc1cccc2c1C(=O)c1ccc(CC)cc1-2. The van der Waals surface area contributed by atoms with Crippen LogP contribution in [0.4, 0.5) is 0 Å². The van der Waals surface area contributed by atoms with Crippen LogP contribution in [0.5, 0.6) is 0 Å². The number of unbranched alkanes of at least 4 members (excludes halogenated alkanes) is 1. The van der Waals surface area contributed by atoms with E-state index >= 15 is 0 Å². The van der Waals surface area contributed by atoms with Crippen LogP contribution in [0.25, 0.3) is 11.1 Å². The Morgan fingerprint density at radius 3 is 2.55 bits per heavy atom. The van der Waals surface area contributed by atoms with Gasteiger partial charge in [0, 0.05) is 11.1 Å². The van der Waals surface area contributed by atoms with Gasteiger partial charge in [0.05, 0.1) is 0 Å². The van der Waals surface area contributed by atoms with E-state index in [0.717, 1.165) is 47.9 Å². The summed E-state index contributed by atoms with van der Waals surface area (Å²) in [5, 5.41) is 0. The number of carbonyl (C=O) groups is 1. The van der Waals surface area contributed by atoms with E-state index < -0.39 is 0 Å². The van der Waals surface area contributed by atoms with E-state index in [0.29, 0.717) is 0 Å². The van der Waals surface area contributed by atoms with Gasteiger partial charge in [0.25, 0.3) is 0 Å². The van der Waals surface area contributed by atoms with Crippen molar-refractivity contribution >= 4 is 5.78 Å². The number of carbonyl (C=O) groups excluding carboxylic acids is 1. The second-order valence-electron chi connectivity index (χ2n) is 5.51. The maximum atomic E-state index is 12.7. The van der Waals surface area contributed by atoms with Crippen LogP contribution in [0.15, 0.2) is 36.4 Å². The van der Waals surface area contributed by atoms with Crippen molar-refractivity contribution in [2.45, 2.75) is 39.5 Å². The van der Waals surface area contributed by atoms with Gasteiger partial charge in [-0.2, -0.15) is 0 Å². The molecule has 0 radical (unpaired) electrons. The molecule has 0 fully saturated rings. The van der Waals surface area contributed by atoms with Gasteiger partial charge in [-0.05, 0) is 41.5 Å². The first-order valence-electron chi connectivity index (χ1n) is 7.56. The van der Waals surface area contributed by atoms with Crippen molar-refractivity contribution in [2.24, 2.45) is 0 Å². The van der Waals surface area contributed by atoms with Crippen LogP contribution in [0.3, 0.4) is 0 Å². The number of hydrogen-bond acceptors (Lipinski definition) is 1. The van der Waals surface area contributed by atoms with E-state index in [2.05, 4.69) is 44.2 Å². The zero-order chi connectivity index (χ0) is 14.1. The summed E-state index contributed by atoms with van der Waals surface area (Å²) in [5.41, 5.74) is 6.59. The average Bonchev–Trinajstić information content (AvgIpc) is 2.78. The largest absolute Gasteiger partial charge is 0.289 e. The third-order valence-corrected chi connectivity index (χ3v) is 4.20. The highest BCUT2D eigenvalue weighted by Crippen LogP contribution is 2.39. The number of aryl methyl sites for hydroxylation is 2. The van der Waals surface area contributed by atoms with Gasteiger partial charge >= 0.3 is 0 Å². The summed E-state index contributed by atoms with van der Waals surface area (Å²) in [4.78, 5) is 12.7. The molecule has 0 atom stereocenters. The zero-order valence-electron chi connectivity index (χ0n) is 12.2. The van der Waals surface area contributed by atoms with Gasteiger partial charge in [-0.25, -0.2) is 0 Å². The fraction of sp³-hybridized carbons (Fsp3) is 0.316. The Morgan fingerprint density at radius 2 is 1.80 bits per heavy atom. The number of fused-ring (bicyclic) bond motifs is 3. The van der Waals surface area contributed by atoms with Gasteiger partial charge in [-0.1, -0.05) is 56.7 Å². The van der Waals surface area contributed by atoms with E-state index in [1.807, 2.05) is 6.07 Å². The Labute approximate surface area is 120 Å². The summed E-state index contributed by atoms with van der Waals surface area (Å²) >= 11 is 0. The van der Waals surface area contributed by atoms with Crippen molar-refractivity contribution in [2.75, 3.05) is 0 Å². The van der Waals surface area contributed by atoms with E-state index in [1.165, 1.54) is 11.1 Å². The van der Waals surface area contributed by atoms with Gasteiger partial charge in [-0.15, -0.1) is 0 Å². The van der Waals surface area contributed by atoms with Crippen LogP contribution < -0.4 is 0 Å². The Hall–Kier alpha value is -1.89. The maximum Gasteiger partial charge on any atom is 0.194 e. The molecular formula is C19H20O. The molecule has 102 valence electrons. The number of benzene rings is 2. The molecule has 0 aliphatic heterocycles. The predicted molar refractivity (Wildman–Crippen MR) is 83.3 cm³/mol. The molecule has 0 spiro atoms. The highest BCUT2D eigenvalue weighted by molar-refractivity contribution is 6.22. The summed E-state index contributed by atoms with van der Waals surface area (Å²) in [6, 6.07) is 12.6. The van der Waals surface area contributed by atoms with Gasteiger partial charge in [-0.3, -0.25) is 4.79 Å². The lowest BCUT2D eigenvalue weighted by molar-refractivity contribution is 0.104. The fourth-order valence-corrected chi connectivity index (χ4v) is 3.04. The monoisotopic (exact) mass is 264 g/mol. The molecule has 1 heteroatoms. The first-order chi connectivity index (χ1) is 9.76. The molecule has 2 aromatic rings. The third-order valence-electron chi connectivity index (χ3n) is 4.20. The van der Waals surface area contributed by atoms with Crippen molar-refractivity contribution < 1.29 is 4.79 Å². The lowest BCUT2D eigenvalue weighted by Gasteiger charge is -2.06. The first kappa shape index (κ1) is 13.1. The zero-order valence-corrected chi connectivity index (χ0v) is 12.2. The first-order valence-corrected chi connectivity index (χ1v) is 7.56. The second-order valence-corrected chi connectivity index (χ2v) is 5.51. The minimum Gasteiger partial charge on any atom is -0.289 e. The van der Waals surface area contributed by atoms with Gasteiger partial charge in [0.15, 0.2) is 5.78 Å². The highest BCUT2D eigenvalue weighted by Gasteiger charge is 2.28. The molecule has 1 nitrogen and oxygen atoms in total. The van der Waals surface area contributed by atoms with Gasteiger partial charge < -0.3 is 0 Å². The van der Waals surface area contributed by atoms with Crippen molar-refractivity contribution in [3.63, 3.8) is 0 Å². The van der Waals surface area contributed by atoms with Crippen LogP contribution in [-0.4, -0.2) is 5.78 Å². The fourth-order valence-electron chi connectivity index (χ4n) is 3.04. The van der Waals surface area contributed by atoms with E-state index in [-0.39, 0.29) is 5.78 Å². The molecule has 0 N–H and O–H groups in total. The summed E-state index contributed by atoms with van der Waals surface area (Å²) in [7, 11) is 0. The van der Waals surface area contributed by atoms with Crippen LogP contribution in [0, 0.1) is 0 Å². The molecule has 20 heavy (non-hydrogen) atoms. The van der Waals surface area contributed by atoms with Gasteiger partial charge in [0.1, 0.15) is 0 Å². The summed E-state index contributed by atoms with van der Waals surface area (Å²) in [6.45, 7) is 4.34. The summed E-state index contributed by atoms with van der Waals surface area (Å²) < 4.78 is 0. The van der Waals surface area contributed by atoms with Crippen molar-refractivity contribution in [3.8, 4) is 11.1 Å². The molecule has 1 aliphatic carbocycles. The second kappa shape index (κ2) is 5.24. The Kier molecular flexibility index (Phi) is 3.43. The Morgan fingerprint density at radius 1 is 0.950 bits per heavy atom. The quantitative estimate of drug-likeness (QED) is 0.661. The smallest absolute Gasteiger partial charge is 0.194 e. The van der Waals surface area contributed by atoms with Gasteiger partial charge in [0.2, 0.25) is 0 Å². The molecule has 3 rings (SSSR count). The lowest BCUT2D eigenvalue weighted by Crippen LogP contribution is -2.01. The van der Waals surface area contributed by atoms with Crippen molar-refractivity contribution in [1.29, 1.82) is 0 Å². The third kappa shape index (κ3) is 1.98. The number of rotatable bonds is 4. The standard InChI is InChI=1S/C19H20O/c1-3-5-7-14-8-6-9-15-17-12-13(4-2)10-11-16(17)19(20)18(14)15/h6,8-12H,3-5,7H2,1-2H3. The van der Waals surface area contributed by atoms with E-state index in [1.54, 1.807) is 0 Å². The Balaban J connectivity index is 2.14. The number of ketones is 1. The molecule has 0 bridgehead atoms. The highest BCUT2D eigenvalue weighted by atomic mass is 16.1. The maximum absolute atomic E-state index is 12.7. The van der Waals surface area contributed by atoms with E-state index in [4.69, 9.17) is 0 Å². The molecule has 0 heterocycles. The number of hydrogen-bond donors (Lipinski definition) is 0. The van der Waals surface area contributed by atoms with E-state index in [9.17, 15) is 4.79 Å². The average molecular weight is 264 g/mol.